The summed E-state index contributed by atoms with van der Waals surface area (Å²) in [5.41, 5.74) is 6.97. The highest BCUT2D eigenvalue weighted by atomic mass is 14.3. The molecule has 0 heterocycles. The Labute approximate surface area is 115 Å². The van der Waals surface area contributed by atoms with E-state index in [4.69, 9.17) is 0 Å². The molecule has 19 heavy (non-hydrogen) atoms. The van der Waals surface area contributed by atoms with Crippen LogP contribution in [0.2, 0.25) is 0 Å². The van der Waals surface area contributed by atoms with E-state index >= 15 is 0 Å². The van der Waals surface area contributed by atoms with E-state index in [9.17, 15) is 0 Å². The Morgan fingerprint density at radius 2 is 1.32 bits per heavy atom. The fourth-order valence-corrected chi connectivity index (χ4v) is 2.84. The molecule has 1 aliphatic rings. The minimum absolute atomic E-state index is 0.392. The highest BCUT2D eigenvalue weighted by Gasteiger charge is 2.24. The molecule has 2 aromatic rings. The lowest BCUT2D eigenvalue weighted by Gasteiger charge is -2.16. The van der Waals surface area contributed by atoms with Crippen LogP contribution in [0, 0.1) is 0 Å². The first-order valence-electron chi connectivity index (χ1n) is 6.77. The van der Waals surface area contributed by atoms with Gasteiger partial charge in [-0.3, -0.25) is 0 Å². The van der Waals surface area contributed by atoms with E-state index in [1.165, 1.54) is 27.8 Å². The van der Waals surface area contributed by atoms with Crippen molar-refractivity contribution in [2.45, 2.75) is 19.8 Å². The average Bonchev–Trinajstić information content (AvgIpc) is 2.77. The van der Waals surface area contributed by atoms with Crippen molar-refractivity contribution in [2.75, 3.05) is 0 Å². The molecule has 0 saturated heterocycles. The van der Waals surface area contributed by atoms with Crippen molar-refractivity contribution in [2.24, 2.45) is 0 Å². The normalized spacial score (nSPS) is 18.6. The Bertz CT molecular complexity index is 630. The summed E-state index contributed by atoms with van der Waals surface area (Å²) in [4.78, 5) is 0. The lowest BCUT2D eigenvalue weighted by atomic mass is 9.88. The third-order valence-electron chi connectivity index (χ3n) is 3.97. The Morgan fingerprint density at radius 3 is 1.95 bits per heavy atom. The molecule has 0 bridgehead atoms. The van der Waals surface area contributed by atoms with Crippen LogP contribution in [-0.2, 0) is 0 Å². The summed E-state index contributed by atoms with van der Waals surface area (Å²) < 4.78 is 0. The van der Waals surface area contributed by atoms with Gasteiger partial charge in [0.2, 0.25) is 0 Å². The molecule has 0 amide bonds. The maximum absolute atomic E-state index is 2.38. The van der Waals surface area contributed by atoms with Gasteiger partial charge in [-0.05, 0) is 36.1 Å². The summed E-state index contributed by atoms with van der Waals surface area (Å²) in [5.74, 6) is 0.392. The van der Waals surface area contributed by atoms with Gasteiger partial charge in [0, 0.05) is 5.92 Å². The molecule has 0 heteroatoms. The van der Waals surface area contributed by atoms with Crippen molar-refractivity contribution in [3.8, 4) is 0 Å². The SMILES string of the molecule is CC1=CC(c2ccccc2)C(c2ccccc2)=C1C. The van der Waals surface area contributed by atoms with E-state index in [2.05, 4.69) is 80.6 Å². The van der Waals surface area contributed by atoms with Crippen LogP contribution in [0.4, 0.5) is 0 Å². The van der Waals surface area contributed by atoms with Crippen LogP contribution in [0.15, 0.2) is 77.9 Å². The van der Waals surface area contributed by atoms with Crippen LogP contribution in [0.1, 0.15) is 30.9 Å². The zero-order chi connectivity index (χ0) is 13.2. The number of hydrogen-bond donors (Lipinski definition) is 0. The zero-order valence-electron chi connectivity index (χ0n) is 11.4. The molecule has 3 rings (SSSR count). The van der Waals surface area contributed by atoms with E-state index in [0.717, 1.165) is 0 Å². The molecule has 1 atom stereocenters. The Morgan fingerprint density at radius 1 is 0.737 bits per heavy atom. The number of benzene rings is 2. The monoisotopic (exact) mass is 246 g/mol. The van der Waals surface area contributed by atoms with E-state index in [1.54, 1.807) is 0 Å². The summed E-state index contributed by atoms with van der Waals surface area (Å²) in [6.45, 7) is 4.44. The number of rotatable bonds is 2. The number of allylic oxidation sites excluding steroid dienone is 4. The van der Waals surface area contributed by atoms with Gasteiger partial charge in [0.15, 0.2) is 0 Å². The fraction of sp³-hybridized carbons (Fsp3) is 0.158. The topological polar surface area (TPSA) is 0 Å². The summed E-state index contributed by atoms with van der Waals surface area (Å²) in [7, 11) is 0. The van der Waals surface area contributed by atoms with Gasteiger partial charge < -0.3 is 0 Å². The fourth-order valence-electron chi connectivity index (χ4n) is 2.84. The lowest BCUT2D eigenvalue weighted by molar-refractivity contribution is 1.11. The van der Waals surface area contributed by atoms with Gasteiger partial charge >= 0.3 is 0 Å². The van der Waals surface area contributed by atoms with Crippen LogP contribution in [0.5, 0.6) is 0 Å². The molecule has 0 aromatic heterocycles. The van der Waals surface area contributed by atoms with Crippen molar-refractivity contribution in [1.82, 2.24) is 0 Å². The summed E-state index contributed by atoms with van der Waals surface area (Å²) >= 11 is 0. The smallest absolute Gasteiger partial charge is 0.0283 e. The van der Waals surface area contributed by atoms with Gasteiger partial charge in [0.05, 0.1) is 0 Å². The van der Waals surface area contributed by atoms with Gasteiger partial charge in [-0.1, -0.05) is 72.3 Å². The maximum Gasteiger partial charge on any atom is 0.0283 e. The van der Waals surface area contributed by atoms with Crippen LogP contribution >= 0.6 is 0 Å². The van der Waals surface area contributed by atoms with Crippen molar-refractivity contribution in [1.29, 1.82) is 0 Å². The molecular formula is C19H18. The third kappa shape index (κ3) is 2.15. The second-order valence-corrected chi connectivity index (χ2v) is 5.14. The highest BCUT2D eigenvalue weighted by molar-refractivity contribution is 5.82. The first-order chi connectivity index (χ1) is 9.27. The van der Waals surface area contributed by atoms with Gasteiger partial charge in [-0.15, -0.1) is 0 Å². The molecule has 0 nitrogen and oxygen atoms in total. The molecular weight excluding hydrogens is 228 g/mol. The quantitative estimate of drug-likeness (QED) is 0.683. The predicted molar refractivity (Wildman–Crippen MR) is 82.0 cm³/mol. The second kappa shape index (κ2) is 4.89. The largest absolute Gasteiger partial charge is 0.0694 e. The Balaban J connectivity index is 2.11. The van der Waals surface area contributed by atoms with Crippen LogP contribution in [-0.4, -0.2) is 0 Å². The van der Waals surface area contributed by atoms with E-state index in [0.29, 0.717) is 5.92 Å². The molecule has 0 spiro atoms. The third-order valence-corrected chi connectivity index (χ3v) is 3.97. The van der Waals surface area contributed by atoms with Crippen molar-refractivity contribution >= 4 is 5.57 Å². The van der Waals surface area contributed by atoms with Crippen molar-refractivity contribution in [3.05, 3.63) is 89.0 Å². The molecule has 94 valence electrons. The summed E-state index contributed by atoms with van der Waals surface area (Å²) in [6.07, 6.45) is 2.38. The van der Waals surface area contributed by atoms with Gasteiger partial charge in [0.25, 0.3) is 0 Å². The summed E-state index contributed by atoms with van der Waals surface area (Å²) in [6, 6.07) is 21.5. The Hall–Kier alpha value is -2.08. The zero-order valence-corrected chi connectivity index (χ0v) is 11.4. The standard InChI is InChI=1S/C19H18/c1-14-13-18(16-9-5-3-6-10-16)19(15(14)2)17-11-7-4-8-12-17/h3-13,18H,1-2H3. The van der Waals surface area contributed by atoms with Crippen molar-refractivity contribution < 1.29 is 0 Å². The summed E-state index contributed by atoms with van der Waals surface area (Å²) in [5, 5.41) is 0. The average molecular weight is 246 g/mol. The van der Waals surface area contributed by atoms with E-state index in [-0.39, 0.29) is 0 Å². The van der Waals surface area contributed by atoms with Gasteiger partial charge in [0.1, 0.15) is 0 Å². The first-order valence-corrected chi connectivity index (χ1v) is 6.77. The molecule has 0 fully saturated rings. The first kappa shape index (κ1) is 12.0. The van der Waals surface area contributed by atoms with E-state index < -0.39 is 0 Å². The molecule has 0 N–H and O–H groups in total. The van der Waals surface area contributed by atoms with Gasteiger partial charge in [-0.2, -0.15) is 0 Å². The van der Waals surface area contributed by atoms with Gasteiger partial charge in [-0.25, -0.2) is 0 Å². The highest BCUT2D eigenvalue weighted by Crippen LogP contribution is 2.43. The lowest BCUT2D eigenvalue weighted by Crippen LogP contribution is -1.97. The molecule has 0 radical (unpaired) electrons. The van der Waals surface area contributed by atoms with Crippen LogP contribution < -0.4 is 0 Å². The molecule has 1 unspecified atom stereocenters. The minimum atomic E-state index is 0.392. The molecule has 1 aliphatic carbocycles. The van der Waals surface area contributed by atoms with Crippen LogP contribution in [0.3, 0.4) is 0 Å². The predicted octanol–water partition coefficient (Wildman–Crippen LogP) is 5.20. The van der Waals surface area contributed by atoms with E-state index in [1.807, 2.05) is 0 Å². The molecule has 0 saturated carbocycles. The maximum atomic E-state index is 2.38. The Kier molecular flexibility index (Phi) is 3.08. The van der Waals surface area contributed by atoms with Crippen LogP contribution in [0.25, 0.3) is 5.57 Å². The second-order valence-electron chi connectivity index (χ2n) is 5.14. The number of hydrogen-bond acceptors (Lipinski definition) is 0. The molecule has 0 aliphatic heterocycles. The van der Waals surface area contributed by atoms with Crippen molar-refractivity contribution in [3.63, 3.8) is 0 Å². The minimum Gasteiger partial charge on any atom is -0.0694 e. The molecule has 2 aromatic carbocycles.